The highest BCUT2D eigenvalue weighted by molar-refractivity contribution is 6.42. The van der Waals surface area contributed by atoms with Crippen LogP contribution in [-0.2, 0) is 12.7 Å². The number of amides is 1. The van der Waals surface area contributed by atoms with Gasteiger partial charge in [-0.15, -0.1) is 0 Å². The van der Waals surface area contributed by atoms with Gasteiger partial charge in [-0.2, -0.15) is 13.2 Å². The standard InChI is InChI=1S/C27H24Cl2F4N2O/c1-16-4-3-5-19(10-16)26(36)35-14-20(18-7-9-22(28)23(29)12-18)25(15-35)34(2)13-17-6-8-21(24(30)11-17)27(31,32)33/h3-12,20,25H,13-15H2,1-2H3/t20-,25?/m1/s1. The lowest BCUT2D eigenvalue weighted by Crippen LogP contribution is -2.38. The molecule has 3 aromatic carbocycles. The summed E-state index contributed by atoms with van der Waals surface area (Å²) in [6.45, 7) is 2.92. The molecular weight excluding hydrogens is 515 g/mol. The Morgan fingerprint density at radius 1 is 1.03 bits per heavy atom. The summed E-state index contributed by atoms with van der Waals surface area (Å²) in [4.78, 5) is 17.0. The molecule has 0 bridgehead atoms. The minimum atomic E-state index is -4.75. The largest absolute Gasteiger partial charge is 0.419 e. The van der Waals surface area contributed by atoms with Gasteiger partial charge in [-0.25, -0.2) is 4.39 Å². The number of hydrogen-bond donors (Lipinski definition) is 0. The van der Waals surface area contributed by atoms with E-state index in [4.69, 9.17) is 23.2 Å². The number of nitrogens with zero attached hydrogens (tertiary/aromatic N) is 2. The van der Waals surface area contributed by atoms with Crippen LogP contribution in [0.15, 0.2) is 60.7 Å². The van der Waals surface area contributed by atoms with Crippen molar-refractivity contribution in [2.24, 2.45) is 0 Å². The number of halogens is 6. The quantitative estimate of drug-likeness (QED) is 0.320. The Balaban J connectivity index is 1.61. The second-order valence-electron chi connectivity index (χ2n) is 9.15. The molecule has 3 aromatic rings. The predicted octanol–water partition coefficient (Wildman–Crippen LogP) is 7.20. The van der Waals surface area contributed by atoms with Crippen LogP contribution in [0, 0.1) is 12.7 Å². The summed E-state index contributed by atoms with van der Waals surface area (Å²) in [6.07, 6.45) is -4.75. The van der Waals surface area contributed by atoms with Crippen molar-refractivity contribution in [1.82, 2.24) is 9.80 Å². The maximum atomic E-state index is 14.2. The van der Waals surface area contributed by atoms with E-state index >= 15 is 0 Å². The summed E-state index contributed by atoms with van der Waals surface area (Å²) >= 11 is 12.4. The van der Waals surface area contributed by atoms with Crippen LogP contribution in [0.4, 0.5) is 17.6 Å². The van der Waals surface area contributed by atoms with Gasteiger partial charge in [0.2, 0.25) is 0 Å². The molecule has 3 nitrogen and oxygen atoms in total. The Hall–Kier alpha value is -2.61. The van der Waals surface area contributed by atoms with Crippen LogP contribution in [0.5, 0.6) is 0 Å². The van der Waals surface area contributed by atoms with Gasteiger partial charge in [0.25, 0.3) is 5.91 Å². The Morgan fingerprint density at radius 3 is 2.42 bits per heavy atom. The number of aryl methyl sites for hydroxylation is 1. The highest BCUT2D eigenvalue weighted by Gasteiger charge is 2.39. The molecule has 36 heavy (non-hydrogen) atoms. The molecule has 0 radical (unpaired) electrons. The molecular formula is C27H24Cl2F4N2O. The van der Waals surface area contributed by atoms with Crippen LogP contribution in [-0.4, -0.2) is 41.9 Å². The van der Waals surface area contributed by atoms with Gasteiger partial charge >= 0.3 is 6.18 Å². The van der Waals surface area contributed by atoms with Crippen LogP contribution >= 0.6 is 23.2 Å². The van der Waals surface area contributed by atoms with Gasteiger partial charge in [-0.05, 0) is 61.5 Å². The van der Waals surface area contributed by atoms with Crippen molar-refractivity contribution in [1.29, 1.82) is 0 Å². The van der Waals surface area contributed by atoms with E-state index in [-0.39, 0.29) is 24.4 Å². The van der Waals surface area contributed by atoms with Gasteiger partial charge < -0.3 is 4.90 Å². The van der Waals surface area contributed by atoms with Crippen molar-refractivity contribution >= 4 is 29.1 Å². The van der Waals surface area contributed by atoms with Crippen molar-refractivity contribution < 1.29 is 22.4 Å². The summed E-state index contributed by atoms with van der Waals surface area (Å²) in [7, 11) is 1.81. The summed E-state index contributed by atoms with van der Waals surface area (Å²) in [5.74, 6) is -1.56. The fourth-order valence-electron chi connectivity index (χ4n) is 4.72. The van der Waals surface area contributed by atoms with E-state index in [2.05, 4.69) is 0 Å². The number of likely N-dealkylation sites (N-methyl/N-ethyl adjacent to an activating group) is 1. The molecule has 2 atom stereocenters. The Morgan fingerprint density at radius 2 is 1.78 bits per heavy atom. The summed E-state index contributed by atoms with van der Waals surface area (Å²) < 4.78 is 53.1. The summed E-state index contributed by atoms with van der Waals surface area (Å²) in [5, 5.41) is 0.806. The molecule has 1 unspecified atom stereocenters. The van der Waals surface area contributed by atoms with E-state index in [1.807, 2.05) is 43.1 Å². The number of carbonyl (C=O) groups is 1. The average Bonchev–Trinajstić information content (AvgIpc) is 3.25. The first-order valence-electron chi connectivity index (χ1n) is 11.3. The third-order valence-corrected chi connectivity index (χ3v) is 7.29. The number of hydrogen-bond acceptors (Lipinski definition) is 2. The van der Waals surface area contributed by atoms with Crippen molar-refractivity contribution in [3.63, 3.8) is 0 Å². The van der Waals surface area contributed by atoms with E-state index in [0.29, 0.717) is 34.3 Å². The van der Waals surface area contributed by atoms with Crippen molar-refractivity contribution in [3.8, 4) is 0 Å². The third-order valence-electron chi connectivity index (χ3n) is 6.55. The predicted molar refractivity (Wildman–Crippen MR) is 133 cm³/mol. The minimum absolute atomic E-state index is 0.111. The maximum Gasteiger partial charge on any atom is 0.419 e. The molecule has 0 aliphatic carbocycles. The van der Waals surface area contributed by atoms with Crippen molar-refractivity contribution in [3.05, 3.63) is 104 Å². The van der Waals surface area contributed by atoms with Crippen LogP contribution < -0.4 is 0 Å². The fourth-order valence-corrected chi connectivity index (χ4v) is 5.03. The average molecular weight is 539 g/mol. The van der Waals surface area contributed by atoms with E-state index in [9.17, 15) is 22.4 Å². The van der Waals surface area contributed by atoms with Crippen molar-refractivity contribution in [2.75, 3.05) is 20.1 Å². The number of benzene rings is 3. The summed E-state index contributed by atoms with van der Waals surface area (Å²) in [6, 6.07) is 15.4. The monoisotopic (exact) mass is 538 g/mol. The molecule has 1 aliphatic rings. The molecule has 4 rings (SSSR count). The number of alkyl halides is 3. The lowest BCUT2D eigenvalue weighted by atomic mass is 9.93. The van der Waals surface area contributed by atoms with E-state index < -0.39 is 17.6 Å². The highest BCUT2D eigenvalue weighted by atomic mass is 35.5. The molecule has 1 saturated heterocycles. The fraction of sp³-hybridized carbons (Fsp3) is 0.296. The zero-order chi connectivity index (χ0) is 26.2. The Kier molecular flexibility index (Phi) is 7.64. The first-order valence-corrected chi connectivity index (χ1v) is 12.1. The lowest BCUT2D eigenvalue weighted by molar-refractivity contribution is -0.140. The Bertz CT molecular complexity index is 1280. The molecule has 0 aromatic heterocycles. The molecule has 190 valence electrons. The molecule has 1 amide bonds. The van der Waals surface area contributed by atoms with Crippen molar-refractivity contribution in [2.45, 2.75) is 31.6 Å². The second-order valence-corrected chi connectivity index (χ2v) is 9.97. The molecule has 0 saturated carbocycles. The molecule has 9 heteroatoms. The summed E-state index contributed by atoms with van der Waals surface area (Å²) in [5.41, 5.74) is 1.55. The molecule has 0 spiro atoms. The molecule has 1 fully saturated rings. The molecule has 0 N–H and O–H groups in total. The molecule has 1 heterocycles. The van der Waals surface area contributed by atoms with E-state index in [1.165, 1.54) is 6.07 Å². The SMILES string of the molecule is Cc1cccc(C(=O)N2CC(N(C)Cc3ccc(C(F)(F)F)c(F)c3)[C@@H](c3ccc(Cl)c(Cl)c3)C2)c1. The van der Waals surface area contributed by atoms with Crippen LogP contribution in [0.3, 0.4) is 0 Å². The van der Waals surface area contributed by atoms with Crippen LogP contribution in [0.1, 0.15) is 38.5 Å². The molecule has 1 aliphatic heterocycles. The van der Waals surface area contributed by atoms with Gasteiger partial charge in [0, 0.05) is 37.2 Å². The van der Waals surface area contributed by atoms with Gasteiger partial charge in [-0.1, -0.05) is 53.0 Å². The van der Waals surface area contributed by atoms with Crippen LogP contribution in [0.2, 0.25) is 10.0 Å². The smallest absolute Gasteiger partial charge is 0.336 e. The number of carbonyl (C=O) groups excluding carboxylic acids is 1. The highest BCUT2D eigenvalue weighted by Crippen LogP contribution is 2.36. The minimum Gasteiger partial charge on any atom is -0.336 e. The van der Waals surface area contributed by atoms with E-state index in [1.54, 1.807) is 23.1 Å². The van der Waals surface area contributed by atoms with Gasteiger partial charge in [0.15, 0.2) is 0 Å². The lowest BCUT2D eigenvalue weighted by Gasteiger charge is -2.29. The van der Waals surface area contributed by atoms with Gasteiger partial charge in [0.1, 0.15) is 5.82 Å². The van der Waals surface area contributed by atoms with Crippen LogP contribution in [0.25, 0.3) is 0 Å². The van der Waals surface area contributed by atoms with Gasteiger partial charge in [0.05, 0.1) is 15.6 Å². The number of rotatable bonds is 5. The Labute approximate surface area is 217 Å². The second kappa shape index (κ2) is 10.4. The maximum absolute atomic E-state index is 14.2. The topological polar surface area (TPSA) is 23.6 Å². The zero-order valence-electron chi connectivity index (χ0n) is 19.6. The first kappa shape index (κ1) is 26.5. The van der Waals surface area contributed by atoms with Gasteiger partial charge in [-0.3, -0.25) is 9.69 Å². The first-order chi connectivity index (χ1) is 16.9. The van der Waals surface area contributed by atoms with E-state index in [0.717, 1.165) is 23.3 Å². The normalized spacial score (nSPS) is 18.2. The zero-order valence-corrected chi connectivity index (χ0v) is 21.1. The third kappa shape index (κ3) is 5.69. The number of likely N-dealkylation sites (tertiary alicyclic amines) is 1.